The summed E-state index contributed by atoms with van der Waals surface area (Å²) < 4.78 is 33.2. The molecule has 0 fully saturated rings. The van der Waals surface area contributed by atoms with E-state index in [1.165, 1.54) is 109 Å². The smallest absolute Gasteiger partial charge is 0.248 e. The van der Waals surface area contributed by atoms with E-state index in [0.717, 1.165) is 32.1 Å². The highest BCUT2D eigenvalue weighted by Crippen LogP contribution is 2.14. The van der Waals surface area contributed by atoms with Crippen molar-refractivity contribution < 1.29 is 16.8 Å². The molecular formula is C26H54O4S. The van der Waals surface area contributed by atoms with Gasteiger partial charge in [-0.05, 0) is 12.8 Å². The zero-order valence-corrected chi connectivity index (χ0v) is 21.8. The van der Waals surface area contributed by atoms with Crippen molar-refractivity contribution in [3.63, 3.8) is 0 Å². The van der Waals surface area contributed by atoms with Crippen LogP contribution in [0.2, 0.25) is 0 Å². The molecule has 0 amide bonds. The number of rotatable bonds is 26. The standard InChI is InChI=1S/C26H54O4S/c1-3-5-7-9-11-12-13-14-15-16-17-18-19-20-22-24-26-30-31(27,28)29-25-23-21-10-8-6-4-2/h3-26H2,1-2H3. The molecule has 0 aliphatic carbocycles. The van der Waals surface area contributed by atoms with Crippen LogP contribution >= 0.6 is 0 Å². The lowest BCUT2D eigenvalue weighted by atomic mass is 10.0. The number of unbranched alkanes of at least 4 members (excludes halogenated alkanes) is 20. The zero-order chi connectivity index (χ0) is 22.9. The summed E-state index contributed by atoms with van der Waals surface area (Å²) in [4.78, 5) is 0. The molecule has 188 valence electrons. The van der Waals surface area contributed by atoms with Gasteiger partial charge in [-0.3, -0.25) is 0 Å². The highest BCUT2D eigenvalue weighted by Gasteiger charge is 2.11. The summed E-state index contributed by atoms with van der Waals surface area (Å²) in [6, 6.07) is 0. The Balaban J connectivity index is 3.26. The summed E-state index contributed by atoms with van der Waals surface area (Å²) in [6.07, 6.45) is 27.5. The van der Waals surface area contributed by atoms with Gasteiger partial charge in [-0.15, -0.1) is 0 Å². The second kappa shape index (κ2) is 24.5. The SMILES string of the molecule is CCCCCCCCCCCCCCCCCCOS(=O)(=O)OCCCCCCCC. The van der Waals surface area contributed by atoms with E-state index in [0.29, 0.717) is 0 Å². The van der Waals surface area contributed by atoms with Gasteiger partial charge >= 0.3 is 10.4 Å². The lowest BCUT2D eigenvalue weighted by Crippen LogP contribution is -2.12. The van der Waals surface area contributed by atoms with Crippen LogP contribution in [0.1, 0.15) is 155 Å². The molecular weight excluding hydrogens is 408 g/mol. The average Bonchev–Trinajstić information content (AvgIpc) is 2.75. The Labute approximate surface area is 195 Å². The van der Waals surface area contributed by atoms with Gasteiger partial charge in [0.05, 0.1) is 13.2 Å². The molecule has 5 heteroatoms. The maximum Gasteiger partial charge on any atom is 0.399 e. The van der Waals surface area contributed by atoms with E-state index in [-0.39, 0.29) is 13.2 Å². The summed E-state index contributed by atoms with van der Waals surface area (Å²) in [5.41, 5.74) is 0. The van der Waals surface area contributed by atoms with Gasteiger partial charge in [-0.1, -0.05) is 142 Å². The van der Waals surface area contributed by atoms with E-state index in [2.05, 4.69) is 13.8 Å². The Kier molecular flexibility index (Phi) is 24.4. The van der Waals surface area contributed by atoms with E-state index in [1.54, 1.807) is 0 Å². The molecule has 0 saturated heterocycles. The maximum absolute atomic E-state index is 11.7. The van der Waals surface area contributed by atoms with E-state index in [4.69, 9.17) is 8.37 Å². The van der Waals surface area contributed by atoms with Gasteiger partial charge in [-0.25, -0.2) is 8.37 Å². The van der Waals surface area contributed by atoms with E-state index < -0.39 is 10.4 Å². The molecule has 0 rings (SSSR count). The molecule has 0 unspecified atom stereocenters. The Hall–Kier alpha value is -0.130. The van der Waals surface area contributed by atoms with Gasteiger partial charge in [0.15, 0.2) is 0 Å². The second-order valence-electron chi connectivity index (χ2n) is 9.12. The largest absolute Gasteiger partial charge is 0.399 e. The lowest BCUT2D eigenvalue weighted by molar-refractivity contribution is 0.208. The van der Waals surface area contributed by atoms with Gasteiger partial charge < -0.3 is 0 Å². The maximum atomic E-state index is 11.7. The average molecular weight is 463 g/mol. The molecule has 0 atom stereocenters. The van der Waals surface area contributed by atoms with Crippen molar-refractivity contribution in [2.24, 2.45) is 0 Å². The predicted molar refractivity (Wildman–Crippen MR) is 134 cm³/mol. The van der Waals surface area contributed by atoms with E-state index in [1.807, 2.05) is 0 Å². The summed E-state index contributed by atoms with van der Waals surface area (Å²) in [5, 5.41) is 0. The molecule has 4 nitrogen and oxygen atoms in total. The van der Waals surface area contributed by atoms with Crippen molar-refractivity contribution in [2.45, 2.75) is 155 Å². The number of hydrogen-bond acceptors (Lipinski definition) is 4. The van der Waals surface area contributed by atoms with Crippen LogP contribution < -0.4 is 0 Å². The van der Waals surface area contributed by atoms with Crippen molar-refractivity contribution in [3.05, 3.63) is 0 Å². The Morgan fingerprint density at radius 3 is 0.871 bits per heavy atom. The molecule has 31 heavy (non-hydrogen) atoms. The first-order chi connectivity index (χ1) is 15.1. The van der Waals surface area contributed by atoms with E-state index >= 15 is 0 Å². The molecule has 0 aromatic carbocycles. The molecule has 0 aliphatic heterocycles. The first kappa shape index (κ1) is 30.9. The normalized spacial score (nSPS) is 11.9. The van der Waals surface area contributed by atoms with Crippen LogP contribution in [0.15, 0.2) is 0 Å². The molecule has 0 spiro atoms. The predicted octanol–water partition coefficient (Wildman–Crippen LogP) is 8.89. The van der Waals surface area contributed by atoms with Gasteiger partial charge in [0.1, 0.15) is 0 Å². The first-order valence-electron chi connectivity index (χ1n) is 13.7. The molecule has 0 aromatic rings. The van der Waals surface area contributed by atoms with Crippen LogP contribution in [-0.2, 0) is 18.8 Å². The fraction of sp³-hybridized carbons (Fsp3) is 1.00. The minimum atomic E-state index is -3.80. The molecule has 0 aliphatic rings. The lowest BCUT2D eigenvalue weighted by Gasteiger charge is -2.06. The minimum Gasteiger partial charge on any atom is -0.248 e. The van der Waals surface area contributed by atoms with Gasteiger partial charge in [-0.2, -0.15) is 8.42 Å². The summed E-state index contributed by atoms with van der Waals surface area (Å²) in [7, 11) is -3.80. The fourth-order valence-corrected chi connectivity index (χ4v) is 4.60. The Morgan fingerprint density at radius 2 is 0.613 bits per heavy atom. The molecule has 0 aromatic heterocycles. The van der Waals surface area contributed by atoms with Gasteiger partial charge in [0.25, 0.3) is 0 Å². The molecule has 0 radical (unpaired) electrons. The first-order valence-corrected chi connectivity index (χ1v) is 15.0. The van der Waals surface area contributed by atoms with Crippen molar-refractivity contribution in [1.29, 1.82) is 0 Å². The summed E-state index contributed by atoms with van der Waals surface area (Å²) in [6.45, 7) is 4.95. The molecule has 0 bridgehead atoms. The monoisotopic (exact) mass is 462 g/mol. The topological polar surface area (TPSA) is 52.6 Å². The highest BCUT2D eigenvalue weighted by molar-refractivity contribution is 7.81. The van der Waals surface area contributed by atoms with Crippen LogP contribution in [0.5, 0.6) is 0 Å². The van der Waals surface area contributed by atoms with Crippen LogP contribution in [0.25, 0.3) is 0 Å². The second-order valence-corrected chi connectivity index (χ2v) is 10.4. The molecule has 0 N–H and O–H groups in total. The Morgan fingerprint density at radius 1 is 0.387 bits per heavy atom. The van der Waals surface area contributed by atoms with Crippen molar-refractivity contribution in [2.75, 3.05) is 13.2 Å². The fourth-order valence-electron chi connectivity index (χ4n) is 3.89. The summed E-state index contributed by atoms with van der Waals surface area (Å²) in [5.74, 6) is 0. The van der Waals surface area contributed by atoms with Crippen molar-refractivity contribution >= 4 is 10.4 Å². The minimum absolute atomic E-state index is 0.243. The van der Waals surface area contributed by atoms with Crippen LogP contribution in [-0.4, -0.2) is 21.6 Å². The summed E-state index contributed by atoms with van der Waals surface area (Å²) >= 11 is 0. The molecule has 0 saturated carbocycles. The highest BCUT2D eigenvalue weighted by atomic mass is 32.3. The van der Waals surface area contributed by atoms with Crippen molar-refractivity contribution in [3.8, 4) is 0 Å². The molecule has 0 heterocycles. The third-order valence-corrected chi connectivity index (χ3v) is 6.86. The quantitative estimate of drug-likeness (QED) is 0.120. The zero-order valence-electron chi connectivity index (χ0n) is 21.0. The van der Waals surface area contributed by atoms with Crippen LogP contribution in [0.3, 0.4) is 0 Å². The van der Waals surface area contributed by atoms with Crippen LogP contribution in [0.4, 0.5) is 0 Å². The number of hydrogen-bond donors (Lipinski definition) is 0. The van der Waals surface area contributed by atoms with Crippen LogP contribution in [0, 0.1) is 0 Å². The van der Waals surface area contributed by atoms with Gasteiger partial charge in [0.2, 0.25) is 0 Å². The third kappa shape index (κ3) is 26.0. The Bertz CT molecular complexity index is 437. The van der Waals surface area contributed by atoms with Gasteiger partial charge in [0, 0.05) is 0 Å². The van der Waals surface area contributed by atoms with E-state index in [9.17, 15) is 8.42 Å². The van der Waals surface area contributed by atoms with Crippen molar-refractivity contribution in [1.82, 2.24) is 0 Å². The third-order valence-electron chi connectivity index (χ3n) is 5.95.